The zero-order chi connectivity index (χ0) is 20.7. The SMILES string of the molecule is Cc1nc2n(c(=O)c1CCN1CCC(C3NOc4ccc(F)cc43)CC1)CCCC2. The molecule has 7 heteroatoms. The molecular formula is C23H29FN4O2. The number of likely N-dealkylation sites (tertiary alicyclic amines) is 1. The van der Waals surface area contributed by atoms with Gasteiger partial charge in [-0.2, -0.15) is 0 Å². The van der Waals surface area contributed by atoms with Crippen molar-refractivity contribution < 1.29 is 9.23 Å². The summed E-state index contributed by atoms with van der Waals surface area (Å²) in [5.74, 6) is 1.89. The van der Waals surface area contributed by atoms with E-state index in [0.717, 1.165) is 93.1 Å². The Morgan fingerprint density at radius 3 is 2.90 bits per heavy atom. The summed E-state index contributed by atoms with van der Waals surface area (Å²) in [6, 6.07) is 4.77. The van der Waals surface area contributed by atoms with Gasteiger partial charge in [-0.3, -0.25) is 9.36 Å². The molecule has 2 aromatic rings. The molecule has 1 atom stereocenters. The Hall–Kier alpha value is -2.25. The van der Waals surface area contributed by atoms with E-state index in [2.05, 4.69) is 10.4 Å². The second-order valence-corrected chi connectivity index (χ2v) is 8.81. The number of aryl methyl sites for hydroxylation is 2. The summed E-state index contributed by atoms with van der Waals surface area (Å²) in [6.07, 6.45) is 5.90. The first-order valence-corrected chi connectivity index (χ1v) is 11.1. The summed E-state index contributed by atoms with van der Waals surface area (Å²) in [5, 5.41) is 0. The van der Waals surface area contributed by atoms with Gasteiger partial charge in [0.1, 0.15) is 11.6 Å². The normalized spacial score (nSPS) is 21.9. The van der Waals surface area contributed by atoms with E-state index in [-0.39, 0.29) is 17.4 Å². The number of piperidine rings is 1. The maximum absolute atomic E-state index is 13.7. The minimum absolute atomic E-state index is 0.0505. The molecule has 0 saturated carbocycles. The van der Waals surface area contributed by atoms with Crippen molar-refractivity contribution in [1.29, 1.82) is 0 Å². The quantitative estimate of drug-likeness (QED) is 0.837. The van der Waals surface area contributed by atoms with Crippen molar-refractivity contribution >= 4 is 0 Å². The zero-order valence-electron chi connectivity index (χ0n) is 17.5. The Morgan fingerprint density at radius 1 is 1.23 bits per heavy atom. The number of hydroxylamine groups is 1. The van der Waals surface area contributed by atoms with Crippen LogP contribution in [0.5, 0.6) is 5.75 Å². The number of benzene rings is 1. The highest BCUT2D eigenvalue weighted by Crippen LogP contribution is 2.39. The van der Waals surface area contributed by atoms with E-state index in [1.165, 1.54) is 6.07 Å². The van der Waals surface area contributed by atoms with Crippen molar-refractivity contribution in [1.82, 2.24) is 19.9 Å². The molecule has 3 aliphatic heterocycles. The number of nitrogens with zero attached hydrogens (tertiary/aromatic N) is 3. The molecule has 0 radical (unpaired) electrons. The van der Waals surface area contributed by atoms with Gasteiger partial charge >= 0.3 is 0 Å². The number of halogens is 1. The highest BCUT2D eigenvalue weighted by atomic mass is 19.1. The Morgan fingerprint density at radius 2 is 2.07 bits per heavy atom. The summed E-state index contributed by atoms with van der Waals surface area (Å²) in [7, 11) is 0. The van der Waals surface area contributed by atoms with Gasteiger partial charge in [0.2, 0.25) is 0 Å². The molecule has 0 aliphatic carbocycles. The van der Waals surface area contributed by atoms with Gasteiger partial charge in [0.25, 0.3) is 5.56 Å². The molecule has 0 amide bonds. The van der Waals surface area contributed by atoms with Crippen LogP contribution in [0.3, 0.4) is 0 Å². The summed E-state index contributed by atoms with van der Waals surface area (Å²) < 4.78 is 15.6. The lowest BCUT2D eigenvalue weighted by Gasteiger charge is -2.34. The largest absolute Gasteiger partial charge is 0.408 e. The van der Waals surface area contributed by atoms with Gasteiger partial charge < -0.3 is 9.74 Å². The van der Waals surface area contributed by atoms with Crippen LogP contribution in [0, 0.1) is 18.7 Å². The van der Waals surface area contributed by atoms with Crippen molar-refractivity contribution in [2.45, 2.75) is 58.0 Å². The van der Waals surface area contributed by atoms with Gasteiger partial charge in [0.05, 0.1) is 6.04 Å². The third-order valence-electron chi connectivity index (χ3n) is 6.96. The molecule has 160 valence electrons. The van der Waals surface area contributed by atoms with E-state index in [0.29, 0.717) is 5.92 Å². The Labute approximate surface area is 176 Å². The molecule has 1 unspecified atom stereocenters. The van der Waals surface area contributed by atoms with E-state index in [1.807, 2.05) is 11.5 Å². The van der Waals surface area contributed by atoms with Crippen LogP contribution in [0.1, 0.15) is 54.4 Å². The summed E-state index contributed by atoms with van der Waals surface area (Å²) in [4.78, 5) is 25.6. The molecule has 1 saturated heterocycles. The molecular weight excluding hydrogens is 383 g/mol. The molecule has 1 fully saturated rings. The van der Waals surface area contributed by atoms with Crippen LogP contribution in [0.2, 0.25) is 0 Å². The molecule has 0 bridgehead atoms. The van der Waals surface area contributed by atoms with E-state index >= 15 is 0 Å². The lowest BCUT2D eigenvalue weighted by atomic mass is 9.86. The van der Waals surface area contributed by atoms with Crippen LogP contribution < -0.4 is 15.9 Å². The van der Waals surface area contributed by atoms with Crippen LogP contribution >= 0.6 is 0 Å². The van der Waals surface area contributed by atoms with Crippen molar-refractivity contribution in [2.24, 2.45) is 5.92 Å². The van der Waals surface area contributed by atoms with Crippen molar-refractivity contribution in [3.05, 3.63) is 57.0 Å². The number of aromatic nitrogens is 2. The Balaban J connectivity index is 1.20. The predicted molar refractivity (Wildman–Crippen MR) is 112 cm³/mol. The fourth-order valence-corrected chi connectivity index (χ4v) is 5.19. The minimum atomic E-state index is -0.219. The van der Waals surface area contributed by atoms with E-state index in [1.54, 1.807) is 12.1 Å². The van der Waals surface area contributed by atoms with Crippen molar-refractivity contribution in [3.63, 3.8) is 0 Å². The maximum Gasteiger partial charge on any atom is 0.256 e. The van der Waals surface area contributed by atoms with Gasteiger partial charge in [0.15, 0.2) is 5.75 Å². The summed E-state index contributed by atoms with van der Waals surface area (Å²) in [5.41, 5.74) is 5.96. The van der Waals surface area contributed by atoms with Crippen molar-refractivity contribution in [3.8, 4) is 5.75 Å². The second kappa shape index (κ2) is 8.12. The molecule has 6 nitrogen and oxygen atoms in total. The lowest BCUT2D eigenvalue weighted by Crippen LogP contribution is -2.40. The first-order valence-electron chi connectivity index (χ1n) is 11.1. The number of nitrogens with one attached hydrogen (secondary N) is 1. The maximum atomic E-state index is 13.7. The van der Waals surface area contributed by atoms with Crippen LogP contribution in [0.4, 0.5) is 4.39 Å². The molecule has 5 rings (SSSR count). The van der Waals surface area contributed by atoms with Crippen LogP contribution in [-0.4, -0.2) is 34.1 Å². The van der Waals surface area contributed by atoms with E-state index in [4.69, 9.17) is 9.82 Å². The Bertz CT molecular complexity index is 997. The van der Waals surface area contributed by atoms with Crippen LogP contribution in [0.15, 0.2) is 23.0 Å². The molecule has 1 N–H and O–H groups in total. The number of hydrogen-bond donors (Lipinski definition) is 1. The fourth-order valence-electron chi connectivity index (χ4n) is 5.19. The van der Waals surface area contributed by atoms with Gasteiger partial charge in [0, 0.05) is 36.3 Å². The van der Waals surface area contributed by atoms with Gasteiger partial charge in [-0.1, -0.05) is 0 Å². The highest BCUT2D eigenvalue weighted by molar-refractivity contribution is 5.39. The third kappa shape index (κ3) is 3.65. The molecule has 1 aromatic carbocycles. The number of hydrogen-bond acceptors (Lipinski definition) is 5. The van der Waals surface area contributed by atoms with E-state index < -0.39 is 0 Å². The average molecular weight is 413 g/mol. The second-order valence-electron chi connectivity index (χ2n) is 8.81. The van der Waals surface area contributed by atoms with Crippen LogP contribution in [0.25, 0.3) is 0 Å². The topological polar surface area (TPSA) is 59.4 Å². The molecule has 4 heterocycles. The Kier molecular flexibility index (Phi) is 5.33. The summed E-state index contributed by atoms with van der Waals surface area (Å²) in [6.45, 7) is 5.61. The average Bonchev–Trinajstić information content (AvgIpc) is 3.17. The van der Waals surface area contributed by atoms with Gasteiger partial charge in [-0.15, -0.1) is 5.48 Å². The fraction of sp³-hybridized carbons (Fsp3) is 0.565. The minimum Gasteiger partial charge on any atom is -0.408 e. The standard InChI is InChI=1S/C23H29FN4O2/c1-15-18(23(29)28-10-3-2-4-21(28)25-15)9-13-27-11-7-16(8-12-27)22-19-14-17(24)5-6-20(19)30-26-22/h5-6,14,16,22,26H,2-4,7-13H2,1H3. The molecule has 0 spiro atoms. The number of rotatable bonds is 4. The first kappa shape index (κ1) is 19.7. The van der Waals surface area contributed by atoms with Crippen molar-refractivity contribution in [2.75, 3.05) is 19.6 Å². The van der Waals surface area contributed by atoms with Gasteiger partial charge in [-0.05, 0) is 76.2 Å². The third-order valence-corrected chi connectivity index (χ3v) is 6.96. The van der Waals surface area contributed by atoms with Gasteiger partial charge in [-0.25, -0.2) is 9.37 Å². The highest BCUT2D eigenvalue weighted by Gasteiger charge is 2.34. The lowest BCUT2D eigenvalue weighted by molar-refractivity contribution is 0.112. The molecule has 3 aliphatic rings. The monoisotopic (exact) mass is 412 g/mol. The zero-order valence-corrected chi connectivity index (χ0v) is 17.5. The van der Waals surface area contributed by atoms with Crippen LogP contribution in [-0.2, 0) is 19.4 Å². The first-order chi connectivity index (χ1) is 14.6. The molecule has 1 aromatic heterocycles. The smallest absolute Gasteiger partial charge is 0.256 e. The number of fused-ring (bicyclic) bond motifs is 2. The van der Waals surface area contributed by atoms with E-state index in [9.17, 15) is 9.18 Å². The predicted octanol–water partition coefficient (Wildman–Crippen LogP) is 2.92. The summed E-state index contributed by atoms with van der Waals surface area (Å²) >= 11 is 0. The molecule has 30 heavy (non-hydrogen) atoms.